The number of hydrogen-bond donors (Lipinski definition) is 1. The summed E-state index contributed by atoms with van der Waals surface area (Å²) in [6.45, 7) is 3.78. The largest absolute Gasteiger partial charge is 0.507 e. The standard InChI is InChI=1S/C14H19NO4/c1-10-9-15(6-3-7-19-10)14(17)12-8-11(18-2)4-5-13(12)16/h4-5,8,10,16H,3,6-7,9H2,1-2H3. The van der Waals surface area contributed by atoms with E-state index in [1.54, 1.807) is 17.0 Å². The van der Waals surface area contributed by atoms with Crippen molar-refractivity contribution in [2.75, 3.05) is 26.8 Å². The van der Waals surface area contributed by atoms with Gasteiger partial charge in [-0.15, -0.1) is 0 Å². The number of carbonyl (C=O) groups is 1. The maximum atomic E-state index is 12.4. The summed E-state index contributed by atoms with van der Waals surface area (Å²) in [7, 11) is 1.53. The van der Waals surface area contributed by atoms with Gasteiger partial charge < -0.3 is 19.5 Å². The summed E-state index contributed by atoms with van der Waals surface area (Å²) in [4.78, 5) is 14.2. The molecule has 0 radical (unpaired) electrons. The van der Waals surface area contributed by atoms with Crippen LogP contribution in [0.4, 0.5) is 0 Å². The topological polar surface area (TPSA) is 59.0 Å². The van der Waals surface area contributed by atoms with Gasteiger partial charge in [0.25, 0.3) is 5.91 Å². The van der Waals surface area contributed by atoms with Crippen molar-refractivity contribution in [1.29, 1.82) is 0 Å². The van der Waals surface area contributed by atoms with Crippen LogP contribution in [0.2, 0.25) is 0 Å². The van der Waals surface area contributed by atoms with Crippen molar-refractivity contribution in [2.24, 2.45) is 0 Å². The van der Waals surface area contributed by atoms with Crippen molar-refractivity contribution in [3.63, 3.8) is 0 Å². The fourth-order valence-electron chi connectivity index (χ4n) is 2.16. The first-order valence-corrected chi connectivity index (χ1v) is 6.39. The quantitative estimate of drug-likeness (QED) is 0.883. The number of phenols is 1. The molecule has 5 nitrogen and oxygen atoms in total. The lowest BCUT2D eigenvalue weighted by molar-refractivity contribution is 0.0561. The molecule has 104 valence electrons. The second kappa shape index (κ2) is 5.93. The van der Waals surface area contributed by atoms with Gasteiger partial charge in [-0.25, -0.2) is 0 Å². The Labute approximate surface area is 112 Å². The Balaban J connectivity index is 2.22. The third-order valence-electron chi connectivity index (χ3n) is 3.17. The predicted molar refractivity (Wildman–Crippen MR) is 70.6 cm³/mol. The lowest BCUT2D eigenvalue weighted by Gasteiger charge is -2.22. The first kappa shape index (κ1) is 13.7. The summed E-state index contributed by atoms with van der Waals surface area (Å²) in [5, 5.41) is 9.83. The number of rotatable bonds is 2. The SMILES string of the molecule is COc1ccc(O)c(C(=O)N2CCCOC(C)C2)c1. The summed E-state index contributed by atoms with van der Waals surface area (Å²) in [5.41, 5.74) is 0.272. The minimum absolute atomic E-state index is 0.0131. The second-order valence-electron chi connectivity index (χ2n) is 4.67. The van der Waals surface area contributed by atoms with E-state index in [-0.39, 0.29) is 23.3 Å². The molecule has 0 spiro atoms. The molecule has 1 saturated heterocycles. The monoisotopic (exact) mass is 265 g/mol. The molecule has 1 N–H and O–H groups in total. The first-order chi connectivity index (χ1) is 9.11. The van der Waals surface area contributed by atoms with Crippen LogP contribution >= 0.6 is 0 Å². The number of nitrogens with zero attached hydrogens (tertiary/aromatic N) is 1. The van der Waals surface area contributed by atoms with Gasteiger partial charge in [0.2, 0.25) is 0 Å². The maximum Gasteiger partial charge on any atom is 0.257 e. The fourth-order valence-corrected chi connectivity index (χ4v) is 2.16. The molecule has 0 aliphatic carbocycles. The van der Waals surface area contributed by atoms with Gasteiger partial charge in [-0.2, -0.15) is 0 Å². The molecule has 0 bridgehead atoms. The van der Waals surface area contributed by atoms with E-state index in [1.165, 1.54) is 13.2 Å². The average molecular weight is 265 g/mol. The molecule has 2 rings (SSSR count). The molecule has 1 atom stereocenters. The van der Waals surface area contributed by atoms with Gasteiger partial charge in [-0.3, -0.25) is 4.79 Å². The number of aromatic hydroxyl groups is 1. The van der Waals surface area contributed by atoms with Crippen LogP contribution in [0.15, 0.2) is 18.2 Å². The van der Waals surface area contributed by atoms with Crippen LogP contribution in [0, 0.1) is 0 Å². The molecule has 1 aromatic rings. The number of amides is 1. The van der Waals surface area contributed by atoms with E-state index in [9.17, 15) is 9.90 Å². The van der Waals surface area contributed by atoms with E-state index in [4.69, 9.17) is 9.47 Å². The van der Waals surface area contributed by atoms with Gasteiger partial charge in [0.1, 0.15) is 11.5 Å². The Morgan fingerprint density at radius 2 is 2.32 bits per heavy atom. The molecule has 0 aromatic heterocycles. The van der Waals surface area contributed by atoms with Crippen molar-refractivity contribution >= 4 is 5.91 Å². The highest BCUT2D eigenvalue weighted by Gasteiger charge is 2.23. The number of hydrogen-bond acceptors (Lipinski definition) is 4. The summed E-state index contributed by atoms with van der Waals surface area (Å²) in [6.07, 6.45) is 0.820. The van der Waals surface area contributed by atoms with Crippen LogP contribution in [0.1, 0.15) is 23.7 Å². The van der Waals surface area contributed by atoms with Crippen molar-refractivity contribution < 1.29 is 19.4 Å². The van der Waals surface area contributed by atoms with E-state index in [1.807, 2.05) is 6.92 Å². The molecule has 1 aliphatic heterocycles. The number of benzene rings is 1. The summed E-state index contributed by atoms with van der Waals surface area (Å²) in [5.74, 6) is 0.345. The predicted octanol–water partition coefficient (Wildman–Crippen LogP) is 1.65. The van der Waals surface area contributed by atoms with Crippen LogP contribution < -0.4 is 4.74 Å². The third-order valence-corrected chi connectivity index (χ3v) is 3.17. The fraction of sp³-hybridized carbons (Fsp3) is 0.500. The molecule has 19 heavy (non-hydrogen) atoms. The zero-order valence-electron chi connectivity index (χ0n) is 11.3. The molecule has 1 aliphatic rings. The highest BCUT2D eigenvalue weighted by atomic mass is 16.5. The minimum atomic E-state index is -0.186. The van der Waals surface area contributed by atoms with Crippen LogP contribution in [-0.2, 0) is 4.74 Å². The lowest BCUT2D eigenvalue weighted by atomic mass is 10.1. The lowest BCUT2D eigenvalue weighted by Crippen LogP contribution is -2.35. The smallest absolute Gasteiger partial charge is 0.257 e. The number of methoxy groups -OCH3 is 1. The Morgan fingerprint density at radius 3 is 3.05 bits per heavy atom. The summed E-state index contributed by atoms with van der Waals surface area (Å²) in [6, 6.07) is 4.66. The Kier molecular flexibility index (Phi) is 4.27. The van der Waals surface area contributed by atoms with Gasteiger partial charge in [0, 0.05) is 19.7 Å². The molecule has 0 saturated carbocycles. The summed E-state index contributed by atoms with van der Waals surface area (Å²) >= 11 is 0. The first-order valence-electron chi connectivity index (χ1n) is 6.39. The maximum absolute atomic E-state index is 12.4. The number of carbonyl (C=O) groups excluding carboxylic acids is 1. The normalized spacial score (nSPS) is 19.9. The molecular formula is C14H19NO4. The molecular weight excluding hydrogens is 246 g/mol. The Hall–Kier alpha value is -1.75. The van der Waals surface area contributed by atoms with E-state index in [2.05, 4.69) is 0 Å². The number of phenolic OH excluding ortho intramolecular Hbond substituents is 1. The molecule has 1 amide bonds. The highest BCUT2D eigenvalue weighted by Crippen LogP contribution is 2.24. The zero-order valence-corrected chi connectivity index (χ0v) is 11.3. The van der Waals surface area contributed by atoms with Crippen molar-refractivity contribution in [2.45, 2.75) is 19.4 Å². The average Bonchev–Trinajstić information content (AvgIpc) is 2.63. The highest BCUT2D eigenvalue weighted by molar-refractivity contribution is 5.97. The Morgan fingerprint density at radius 1 is 1.53 bits per heavy atom. The van der Waals surface area contributed by atoms with Gasteiger partial charge in [0.15, 0.2) is 0 Å². The molecule has 1 fully saturated rings. The number of ether oxygens (including phenoxy) is 2. The van der Waals surface area contributed by atoms with Crippen molar-refractivity contribution in [3.8, 4) is 11.5 Å². The minimum Gasteiger partial charge on any atom is -0.507 e. The van der Waals surface area contributed by atoms with Crippen molar-refractivity contribution in [1.82, 2.24) is 4.90 Å². The van der Waals surface area contributed by atoms with Crippen LogP contribution in [0.3, 0.4) is 0 Å². The summed E-state index contributed by atoms with van der Waals surface area (Å²) < 4.78 is 10.6. The second-order valence-corrected chi connectivity index (χ2v) is 4.67. The van der Waals surface area contributed by atoms with Crippen LogP contribution in [0.5, 0.6) is 11.5 Å². The van der Waals surface area contributed by atoms with E-state index < -0.39 is 0 Å². The molecule has 1 unspecified atom stereocenters. The van der Waals surface area contributed by atoms with E-state index >= 15 is 0 Å². The van der Waals surface area contributed by atoms with Gasteiger partial charge >= 0.3 is 0 Å². The third kappa shape index (κ3) is 3.17. The van der Waals surface area contributed by atoms with Gasteiger partial charge in [-0.1, -0.05) is 0 Å². The van der Waals surface area contributed by atoms with Gasteiger partial charge in [-0.05, 0) is 31.5 Å². The van der Waals surface area contributed by atoms with Crippen molar-refractivity contribution in [3.05, 3.63) is 23.8 Å². The molecule has 1 aromatic carbocycles. The van der Waals surface area contributed by atoms with Crippen LogP contribution in [-0.4, -0.2) is 48.8 Å². The van der Waals surface area contributed by atoms with Gasteiger partial charge in [0.05, 0.1) is 18.8 Å². The van der Waals surface area contributed by atoms with E-state index in [0.717, 1.165) is 6.42 Å². The zero-order chi connectivity index (χ0) is 13.8. The van der Waals surface area contributed by atoms with E-state index in [0.29, 0.717) is 25.4 Å². The van der Waals surface area contributed by atoms with Crippen LogP contribution in [0.25, 0.3) is 0 Å². The Bertz CT molecular complexity index is 461. The molecule has 1 heterocycles. The molecule has 5 heteroatoms.